The van der Waals surface area contributed by atoms with Crippen molar-refractivity contribution in [3.63, 3.8) is 0 Å². The molecular formula is C8H14N2O. The summed E-state index contributed by atoms with van der Waals surface area (Å²) in [5.74, 6) is 1.49. The molecule has 1 aromatic heterocycles. The molecule has 2 N–H and O–H groups in total. The zero-order chi connectivity index (χ0) is 8.27. The van der Waals surface area contributed by atoms with Crippen LogP contribution in [0.1, 0.15) is 31.6 Å². The second kappa shape index (κ2) is 3.42. The van der Waals surface area contributed by atoms with Gasteiger partial charge in [0.2, 0.25) is 0 Å². The molecule has 1 heterocycles. The smallest absolute Gasteiger partial charge is 0.170 e. The third-order valence-corrected chi connectivity index (χ3v) is 1.72. The summed E-state index contributed by atoms with van der Waals surface area (Å²) in [4.78, 5) is 0. The summed E-state index contributed by atoms with van der Waals surface area (Å²) in [5, 5.41) is 3.71. The molecule has 0 aromatic carbocycles. The van der Waals surface area contributed by atoms with Gasteiger partial charge in [-0.15, -0.1) is 0 Å². The molecule has 3 heteroatoms. The standard InChI is InChI=1S/C8H14N2O/c1-3-5-6-7(4-2)11-10-8(6)9/h3-5H2,1-2H3,(H2,9,10). The first-order valence-corrected chi connectivity index (χ1v) is 4.02. The van der Waals surface area contributed by atoms with Crippen molar-refractivity contribution in [3.8, 4) is 0 Å². The van der Waals surface area contributed by atoms with Crippen molar-refractivity contribution < 1.29 is 4.52 Å². The van der Waals surface area contributed by atoms with Crippen LogP contribution in [0.5, 0.6) is 0 Å². The number of hydrogen-bond acceptors (Lipinski definition) is 3. The molecule has 1 rings (SSSR count). The van der Waals surface area contributed by atoms with E-state index in [0.29, 0.717) is 5.82 Å². The van der Waals surface area contributed by atoms with Crippen molar-refractivity contribution in [2.24, 2.45) is 0 Å². The summed E-state index contributed by atoms with van der Waals surface area (Å²) >= 11 is 0. The van der Waals surface area contributed by atoms with Crippen LogP contribution in [0, 0.1) is 0 Å². The van der Waals surface area contributed by atoms with Gasteiger partial charge < -0.3 is 10.3 Å². The summed E-state index contributed by atoms with van der Waals surface area (Å²) in [6.07, 6.45) is 2.93. The third-order valence-electron chi connectivity index (χ3n) is 1.72. The number of aryl methyl sites for hydroxylation is 1. The number of anilines is 1. The lowest BCUT2D eigenvalue weighted by Gasteiger charge is -1.95. The normalized spacial score (nSPS) is 10.4. The van der Waals surface area contributed by atoms with Crippen molar-refractivity contribution in [3.05, 3.63) is 11.3 Å². The average molecular weight is 154 g/mol. The van der Waals surface area contributed by atoms with Crippen molar-refractivity contribution in [1.82, 2.24) is 5.16 Å². The monoisotopic (exact) mass is 154 g/mol. The van der Waals surface area contributed by atoms with Gasteiger partial charge in [0.25, 0.3) is 0 Å². The predicted molar refractivity (Wildman–Crippen MR) is 44.3 cm³/mol. The van der Waals surface area contributed by atoms with Crippen molar-refractivity contribution in [2.45, 2.75) is 33.1 Å². The molecule has 3 nitrogen and oxygen atoms in total. The maximum absolute atomic E-state index is 5.60. The van der Waals surface area contributed by atoms with Crippen molar-refractivity contribution in [2.75, 3.05) is 5.73 Å². The molecule has 0 saturated heterocycles. The maximum Gasteiger partial charge on any atom is 0.170 e. The number of hydrogen-bond donors (Lipinski definition) is 1. The summed E-state index contributed by atoms with van der Waals surface area (Å²) in [5.41, 5.74) is 6.69. The van der Waals surface area contributed by atoms with Crippen LogP contribution >= 0.6 is 0 Å². The number of nitrogens with zero attached hydrogens (tertiary/aromatic N) is 1. The van der Waals surface area contributed by atoms with Gasteiger partial charge in [0.15, 0.2) is 5.82 Å². The lowest BCUT2D eigenvalue weighted by Crippen LogP contribution is -1.93. The number of nitrogens with two attached hydrogens (primary N) is 1. The molecule has 0 amide bonds. The quantitative estimate of drug-likeness (QED) is 0.721. The molecule has 0 atom stereocenters. The Balaban J connectivity index is 2.88. The van der Waals surface area contributed by atoms with Crippen LogP contribution < -0.4 is 5.73 Å². The fraction of sp³-hybridized carbons (Fsp3) is 0.625. The molecule has 1 aromatic rings. The molecule has 62 valence electrons. The minimum Gasteiger partial charge on any atom is -0.381 e. The molecule has 0 spiro atoms. The zero-order valence-electron chi connectivity index (χ0n) is 7.05. The summed E-state index contributed by atoms with van der Waals surface area (Å²) < 4.78 is 5.02. The van der Waals surface area contributed by atoms with Gasteiger partial charge in [-0.1, -0.05) is 25.4 Å². The lowest BCUT2D eigenvalue weighted by molar-refractivity contribution is 0.387. The number of rotatable bonds is 3. The van der Waals surface area contributed by atoms with E-state index in [9.17, 15) is 0 Å². The van der Waals surface area contributed by atoms with E-state index in [1.54, 1.807) is 0 Å². The molecule has 0 aliphatic rings. The SMILES string of the molecule is CCCc1c(N)noc1CC. The Labute approximate surface area is 66.6 Å². The van der Waals surface area contributed by atoms with Crippen molar-refractivity contribution in [1.29, 1.82) is 0 Å². The Bertz CT molecular complexity index is 230. The van der Waals surface area contributed by atoms with E-state index in [4.69, 9.17) is 10.3 Å². The number of aromatic nitrogens is 1. The molecule has 11 heavy (non-hydrogen) atoms. The molecule has 0 unspecified atom stereocenters. The molecule has 0 aliphatic carbocycles. The molecule has 0 radical (unpaired) electrons. The first-order chi connectivity index (χ1) is 5.29. The molecule has 0 saturated carbocycles. The van der Waals surface area contributed by atoms with E-state index >= 15 is 0 Å². The van der Waals surface area contributed by atoms with Gasteiger partial charge in [-0.05, 0) is 6.42 Å². The Morgan fingerprint density at radius 2 is 2.18 bits per heavy atom. The fourth-order valence-corrected chi connectivity index (χ4v) is 1.15. The van der Waals surface area contributed by atoms with Gasteiger partial charge in [-0.2, -0.15) is 0 Å². The zero-order valence-corrected chi connectivity index (χ0v) is 7.05. The lowest BCUT2D eigenvalue weighted by atomic mass is 10.1. The van der Waals surface area contributed by atoms with Crippen LogP contribution in [0.3, 0.4) is 0 Å². The minimum atomic E-state index is 0.559. The van der Waals surface area contributed by atoms with E-state index in [1.807, 2.05) is 6.92 Å². The van der Waals surface area contributed by atoms with Gasteiger partial charge in [0.05, 0.1) is 0 Å². The Kier molecular flexibility index (Phi) is 2.52. The minimum absolute atomic E-state index is 0.559. The van der Waals surface area contributed by atoms with Gasteiger partial charge in [0, 0.05) is 12.0 Å². The third kappa shape index (κ3) is 1.53. The van der Waals surface area contributed by atoms with E-state index in [0.717, 1.165) is 30.6 Å². The van der Waals surface area contributed by atoms with Gasteiger partial charge >= 0.3 is 0 Å². The van der Waals surface area contributed by atoms with Gasteiger partial charge in [-0.3, -0.25) is 0 Å². The Morgan fingerprint density at radius 3 is 2.73 bits per heavy atom. The second-order valence-electron chi connectivity index (χ2n) is 2.57. The second-order valence-corrected chi connectivity index (χ2v) is 2.57. The molecular weight excluding hydrogens is 140 g/mol. The summed E-state index contributed by atoms with van der Waals surface area (Å²) in [7, 11) is 0. The summed E-state index contributed by atoms with van der Waals surface area (Å²) in [6, 6.07) is 0. The van der Waals surface area contributed by atoms with E-state index in [1.165, 1.54) is 0 Å². The largest absolute Gasteiger partial charge is 0.381 e. The van der Waals surface area contributed by atoms with Gasteiger partial charge in [-0.25, -0.2) is 0 Å². The van der Waals surface area contributed by atoms with Crippen LogP contribution in [0.15, 0.2) is 4.52 Å². The Morgan fingerprint density at radius 1 is 1.45 bits per heavy atom. The first kappa shape index (κ1) is 8.11. The first-order valence-electron chi connectivity index (χ1n) is 4.02. The van der Waals surface area contributed by atoms with Crippen LogP contribution in [0.4, 0.5) is 5.82 Å². The molecule has 0 fully saturated rings. The summed E-state index contributed by atoms with van der Waals surface area (Å²) in [6.45, 7) is 4.16. The highest BCUT2D eigenvalue weighted by atomic mass is 16.5. The molecule has 0 bridgehead atoms. The van der Waals surface area contributed by atoms with Crippen LogP contribution in [-0.2, 0) is 12.8 Å². The van der Waals surface area contributed by atoms with Crippen LogP contribution in [0.2, 0.25) is 0 Å². The Hall–Kier alpha value is -0.990. The number of nitrogen functional groups attached to an aromatic ring is 1. The van der Waals surface area contributed by atoms with E-state index < -0.39 is 0 Å². The van der Waals surface area contributed by atoms with Gasteiger partial charge in [0.1, 0.15) is 5.76 Å². The van der Waals surface area contributed by atoms with E-state index in [-0.39, 0.29) is 0 Å². The topological polar surface area (TPSA) is 52.0 Å². The van der Waals surface area contributed by atoms with E-state index in [2.05, 4.69) is 12.1 Å². The predicted octanol–water partition coefficient (Wildman–Crippen LogP) is 1.77. The highest BCUT2D eigenvalue weighted by molar-refractivity contribution is 5.40. The highest BCUT2D eigenvalue weighted by Gasteiger charge is 2.09. The van der Waals surface area contributed by atoms with Crippen molar-refractivity contribution >= 4 is 5.82 Å². The van der Waals surface area contributed by atoms with Crippen LogP contribution in [0.25, 0.3) is 0 Å². The average Bonchev–Trinajstić information content (AvgIpc) is 2.34. The van der Waals surface area contributed by atoms with Crippen LogP contribution in [-0.4, -0.2) is 5.16 Å². The highest BCUT2D eigenvalue weighted by Crippen LogP contribution is 2.18. The molecule has 0 aliphatic heterocycles. The maximum atomic E-state index is 5.60. The fourth-order valence-electron chi connectivity index (χ4n) is 1.15.